The number of hydrogen-bond acceptors (Lipinski definition) is 5. The van der Waals surface area contributed by atoms with Gasteiger partial charge in [0.15, 0.2) is 0 Å². The van der Waals surface area contributed by atoms with E-state index in [1.165, 1.54) is 6.92 Å². The Bertz CT molecular complexity index is 633. The number of esters is 1. The standard InChI is InChI=1S/C16H15NO4S/c1-12(18)21-15(13-8-4-2-5-9-13)16(17(19)20)22-14-10-6-3-7-11-14/h2-11,15-16H,1H3/t15-,16-/m1/s1. The lowest BCUT2D eigenvalue weighted by Gasteiger charge is -2.20. The van der Waals surface area contributed by atoms with Crippen LogP contribution in [0.4, 0.5) is 0 Å². The van der Waals surface area contributed by atoms with Crippen LogP contribution in [0.5, 0.6) is 0 Å². The van der Waals surface area contributed by atoms with Crippen molar-refractivity contribution in [2.75, 3.05) is 0 Å². The SMILES string of the molecule is CC(=O)O[C@H](c1ccccc1)[C@@H](Sc1ccccc1)[N+](=O)[O-]. The Morgan fingerprint density at radius 2 is 1.64 bits per heavy atom. The fourth-order valence-corrected chi connectivity index (χ4v) is 2.98. The fraction of sp³-hybridized carbons (Fsp3) is 0.188. The first kappa shape index (κ1) is 16.0. The maximum Gasteiger partial charge on any atom is 0.303 e. The smallest absolute Gasteiger partial charge is 0.303 e. The van der Waals surface area contributed by atoms with Crippen molar-refractivity contribution in [2.24, 2.45) is 0 Å². The summed E-state index contributed by atoms with van der Waals surface area (Å²) in [6.45, 7) is 1.25. The molecule has 6 heteroatoms. The van der Waals surface area contributed by atoms with Crippen LogP contribution < -0.4 is 0 Å². The highest BCUT2D eigenvalue weighted by Gasteiger charge is 2.36. The van der Waals surface area contributed by atoms with Gasteiger partial charge in [-0.3, -0.25) is 14.9 Å². The Kier molecular flexibility index (Phi) is 5.55. The average Bonchev–Trinajstić information content (AvgIpc) is 2.52. The summed E-state index contributed by atoms with van der Waals surface area (Å²) in [5, 5.41) is 10.4. The Balaban J connectivity index is 2.32. The van der Waals surface area contributed by atoms with E-state index in [1.54, 1.807) is 42.5 Å². The van der Waals surface area contributed by atoms with Crippen LogP contribution in [-0.4, -0.2) is 16.3 Å². The van der Waals surface area contributed by atoms with Crippen molar-refractivity contribution in [3.8, 4) is 0 Å². The van der Waals surface area contributed by atoms with E-state index in [9.17, 15) is 14.9 Å². The van der Waals surface area contributed by atoms with E-state index in [1.807, 2.05) is 18.2 Å². The minimum absolute atomic E-state index is 0.418. The number of rotatable bonds is 6. The summed E-state index contributed by atoms with van der Waals surface area (Å²) in [6.07, 6.45) is -0.945. The summed E-state index contributed by atoms with van der Waals surface area (Å²) in [7, 11) is 0. The van der Waals surface area contributed by atoms with Crippen molar-refractivity contribution in [1.29, 1.82) is 0 Å². The second kappa shape index (κ2) is 7.61. The van der Waals surface area contributed by atoms with E-state index in [0.29, 0.717) is 5.56 Å². The third kappa shape index (κ3) is 4.33. The van der Waals surface area contributed by atoms with Gasteiger partial charge < -0.3 is 4.74 Å². The maximum atomic E-state index is 11.5. The number of ether oxygens (including phenoxy) is 1. The van der Waals surface area contributed by atoms with E-state index in [4.69, 9.17) is 4.74 Å². The van der Waals surface area contributed by atoms with E-state index in [0.717, 1.165) is 16.7 Å². The Morgan fingerprint density at radius 1 is 1.09 bits per heavy atom. The topological polar surface area (TPSA) is 69.4 Å². The molecule has 2 rings (SSSR count). The van der Waals surface area contributed by atoms with Crippen molar-refractivity contribution in [2.45, 2.75) is 23.3 Å². The molecule has 22 heavy (non-hydrogen) atoms. The lowest BCUT2D eigenvalue weighted by atomic mass is 10.1. The molecule has 0 aliphatic carbocycles. The molecule has 0 fully saturated rings. The molecule has 0 aromatic heterocycles. The number of hydrogen-bond donors (Lipinski definition) is 0. The highest BCUT2D eigenvalue weighted by molar-refractivity contribution is 7.99. The lowest BCUT2D eigenvalue weighted by molar-refractivity contribution is -0.507. The second-order valence-corrected chi connectivity index (χ2v) is 5.74. The molecule has 0 N–H and O–H groups in total. The molecule has 2 atom stereocenters. The van der Waals surface area contributed by atoms with Gasteiger partial charge in [-0.25, -0.2) is 0 Å². The summed E-state index contributed by atoms with van der Waals surface area (Å²) in [6, 6.07) is 17.8. The zero-order chi connectivity index (χ0) is 15.9. The lowest BCUT2D eigenvalue weighted by Crippen LogP contribution is -2.27. The van der Waals surface area contributed by atoms with Gasteiger partial charge in [0.25, 0.3) is 0 Å². The van der Waals surface area contributed by atoms with Gasteiger partial charge in [-0.05, 0) is 23.9 Å². The first-order valence-electron chi connectivity index (χ1n) is 6.65. The minimum Gasteiger partial charge on any atom is -0.449 e. The molecule has 0 bridgehead atoms. The minimum atomic E-state index is -1.12. The Morgan fingerprint density at radius 3 is 2.14 bits per heavy atom. The molecule has 0 heterocycles. The number of thioether (sulfide) groups is 1. The molecule has 0 saturated heterocycles. The number of carbonyl (C=O) groups excluding carboxylic acids is 1. The first-order chi connectivity index (χ1) is 10.6. The largest absolute Gasteiger partial charge is 0.449 e. The quantitative estimate of drug-likeness (QED) is 0.267. The third-order valence-corrected chi connectivity index (χ3v) is 4.09. The van der Waals surface area contributed by atoms with Gasteiger partial charge in [0.2, 0.25) is 6.10 Å². The molecule has 5 nitrogen and oxygen atoms in total. The van der Waals surface area contributed by atoms with Gasteiger partial charge in [-0.1, -0.05) is 48.5 Å². The molecule has 0 aliphatic heterocycles. The molecule has 0 radical (unpaired) electrons. The van der Waals surface area contributed by atoms with E-state index in [2.05, 4.69) is 0 Å². The zero-order valence-corrected chi connectivity index (χ0v) is 12.7. The fourth-order valence-electron chi connectivity index (χ4n) is 1.97. The van der Waals surface area contributed by atoms with Crippen molar-refractivity contribution >= 4 is 17.7 Å². The van der Waals surface area contributed by atoms with Gasteiger partial charge in [-0.15, -0.1) is 0 Å². The van der Waals surface area contributed by atoms with Gasteiger partial charge in [-0.2, -0.15) is 0 Å². The third-order valence-electron chi connectivity index (χ3n) is 2.89. The van der Waals surface area contributed by atoms with Crippen LogP contribution in [0.15, 0.2) is 65.6 Å². The van der Waals surface area contributed by atoms with E-state index in [-0.39, 0.29) is 0 Å². The van der Waals surface area contributed by atoms with Crippen molar-refractivity contribution < 1.29 is 14.5 Å². The van der Waals surface area contributed by atoms with Crippen molar-refractivity contribution in [1.82, 2.24) is 0 Å². The Labute approximate surface area is 132 Å². The number of carbonyl (C=O) groups is 1. The second-order valence-electron chi connectivity index (χ2n) is 4.55. The first-order valence-corrected chi connectivity index (χ1v) is 7.53. The van der Waals surface area contributed by atoms with E-state index < -0.39 is 22.4 Å². The van der Waals surface area contributed by atoms with Crippen LogP contribution in [0.1, 0.15) is 18.6 Å². The molecule has 0 aliphatic rings. The summed E-state index contributed by atoms with van der Waals surface area (Å²) in [5.41, 5.74) is 0.600. The Hall–Kier alpha value is -2.34. The molecule has 2 aromatic rings. The van der Waals surface area contributed by atoms with Crippen LogP contribution in [-0.2, 0) is 9.53 Å². The van der Waals surface area contributed by atoms with Crippen LogP contribution in [0.25, 0.3) is 0 Å². The summed E-state index contributed by atoms with van der Waals surface area (Å²) in [4.78, 5) is 23.2. The van der Waals surface area contributed by atoms with Gasteiger partial charge in [0.1, 0.15) is 0 Å². The van der Waals surface area contributed by atoms with Crippen molar-refractivity contribution in [3.05, 3.63) is 76.3 Å². The predicted molar refractivity (Wildman–Crippen MR) is 84.0 cm³/mol. The van der Waals surface area contributed by atoms with Crippen molar-refractivity contribution in [3.63, 3.8) is 0 Å². The van der Waals surface area contributed by atoms with Crippen LogP contribution >= 0.6 is 11.8 Å². The zero-order valence-electron chi connectivity index (χ0n) is 11.9. The van der Waals surface area contributed by atoms with Gasteiger partial charge in [0, 0.05) is 22.3 Å². The summed E-state index contributed by atoms with van der Waals surface area (Å²) >= 11 is 1.07. The monoisotopic (exact) mass is 317 g/mol. The normalized spacial score (nSPS) is 13.1. The predicted octanol–water partition coefficient (Wildman–Crippen LogP) is 3.69. The average molecular weight is 317 g/mol. The molecule has 0 unspecified atom stereocenters. The molecule has 0 spiro atoms. The maximum absolute atomic E-state index is 11.5. The van der Waals surface area contributed by atoms with Crippen LogP contribution in [0.2, 0.25) is 0 Å². The van der Waals surface area contributed by atoms with Gasteiger partial charge in [0.05, 0.1) is 0 Å². The van der Waals surface area contributed by atoms with Gasteiger partial charge >= 0.3 is 11.3 Å². The molecule has 114 valence electrons. The summed E-state index contributed by atoms with van der Waals surface area (Å²) in [5.74, 6) is -0.547. The molecule has 0 amide bonds. The molecular weight excluding hydrogens is 302 g/mol. The van der Waals surface area contributed by atoms with Crippen LogP contribution in [0, 0.1) is 10.1 Å². The van der Waals surface area contributed by atoms with E-state index >= 15 is 0 Å². The molecule has 2 aromatic carbocycles. The molecule has 0 saturated carbocycles. The highest BCUT2D eigenvalue weighted by atomic mass is 32.2. The molecular formula is C16H15NO4S. The number of benzene rings is 2. The van der Waals surface area contributed by atoms with Crippen LogP contribution in [0.3, 0.4) is 0 Å². The highest BCUT2D eigenvalue weighted by Crippen LogP contribution is 2.35. The number of nitro groups is 1. The number of nitrogens with zero attached hydrogens (tertiary/aromatic N) is 1. The summed E-state index contributed by atoms with van der Waals surface area (Å²) < 4.78 is 5.23.